The van der Waals surface area contributed by atoms with Crippen molar-refractivity contribution >= 4 is 33.1 Å². The maximum atomic E-state index is 12.4. The van der Waals surface area contributed by atoms with Gasteiger partial charge in [-0.2, -0.15) is 4.99 Å². The summed E-state index contributed by atoms with van der Waals surface area (Å²) in [6.45, 7) is 0.201. The van der Waals surface area contributed by atoms with Crippen LogP contribution in [-0.2, 0) is 6.54 Å². The Balaban J connectivity index is 2.10. The van der Waals surface area contributed by atoms with Gasteiger partial charge in [0.05, 0.1) is 28.8 Å². The van der Waals surface area contributed by atoms with Crippen molar-refractivity contribution in [1.29, 1.82) is 0 Å². The minimum Gasteiger partial charge on any atom is -0.497 e. The predicted octanol–water partition coefficient (Wildman–Crippen LogP) is 2.99. The number of terminal acetylenes is 1. The first-order valence-corrected chi connectivity index (χ1v) is 8.29. The summed E-state index contributed by atoms with van der Waals surface area (Å²) in [6.07, 6.45) is 5.42. The highest BCUT2D eigenvalue weighted by atomic mass is 32.1. The highest BCUT2D eigenvalue weighted by Crippen LogP contribution is 2.23. The van der Waals surface area contributed by atoms with E-state index in [1.165, 1.54) is 23.5 Å². The van der Waals surface area contributed by atoms with Gasteiger partial charge in [0.2, 0.25) is 0 Å². The van der Waals surface area contributed by atoms with Crippen LogP contribution in [-0.4, -0.2) is 22.5 Å². The monoisotopic (exact) mass is 367 g/mol. The van der Waals surface area contributed by atoms with Crippen molar-refractivity contribution in [2.45, 2.75) is 6.54 Å². The average molecular weight is 367 g/mol. The fourth-order valence-corrected chi connectivity index (χ4v) is 3.45. The van der Waals surface area contributed by atoms with Crippen LogP contribution < -0.4 is 9.54 Å². The normalized spacial score (nSPS) is 11.3. The number of ether oxygens (including phenoxy) is 1. The van der Waals surface area contributed by atoms with Crippen LogP contribution in [0.15, 0.2) is 47.5 Å². The number of amides is 1. The second-order valence-corrected chi connectivity index (χ2v) is 6.24. The number of nitrogens with zero attached hydrogens (tertiary/aromatic N) is 3. The molecule has 0 saturated heterocycles. The van der Waals surface area contributed by atoms with Gasteiger partial charge in [-0.1, -0.05) is 17.3 Å². The van der Waals surface area contributed by atoms with Gasteiger partial charge >= 0.3 is 0 Å². The van der Waals surface area contributed by atoms with E-state index < -0.39 is 10.8 Å². The van der Waals surface area contributed by atoms with Crippen LogP contribution in [0, 0.1) is 22.5 Å². The Hall–Kier alpha value is -3.44. The zero-order valence-electron chi connectivity index (χ0n) is 13.7. The van der Waals surface area contributed by atoms with Crippen LogP contribution >= 0.6 is 11.3 Å². The van der Waals surface area contributed by atoms with Crippen LogP contribution in [0.2, 0.25) is 0 Å². The van der Waals surface area contributed by atoms with Gasteiger partial charge in [0.25, 0.3) is 11.6 Å². The third kappa shape index (κ3) is 3.34. The standard InChI is InChI=1S/C18H13N3O4S/c1-3-10-20-15-9-6-13(21(23)24)11-16(15)26-18(20)19-17(22)12-4-7-14(25-2)8-5-12/h1,4-9,11H,10H2,2H3. The number of fused-ring (bicyclic) bond motifs is 1. The molecule has 0 atom stereocenters. The maximum Gasteiger partial charge on any atom is 0.279 e. The molecular formula is C18H13N3O4S. The molecule has 0 bridgehead atoms. The zero-order chi connectivity index (χ0) is 18.7. The molecule has 0 N–H and O–H groups in total. The van der Waals surface area contributed by atoms with E-state index in [9.17, 15) is 14.9 Å². The molecule has 0 saturated carbocycles. The van der Waals surface area contributed by atoms with Gasteiger partial charge in [0, 0.05) is 17.7 Å². The van der Waals surface area contributed by atoms with Gasteiger partial charge in [-0.15, -0.1) is 6.42 Å². The highest BCUT2D eigenvalue weighted by molar-refractivity contribution is 7.16. The van der Waals surface area contributed by atoms with Gasteiger partial charge in [-0.05, 0) is 30.3 Å². The number of benzene rings is 2. The molecule has 1 aromatic heterocycles. The molecule has 26 heavy (non-hydrogen) atoms. The number of nitro benzene ring substituents is 1. The fourth-order valence-electron chi connectivity index (χ4n) is 2.39. The van der Waals surface area contributed by atoms with Crippen LogP contribution in [0.1, 0.15) is 10.4 Å². The second-order valence-electron chi connectivity index (χ2n) is 5.23. The van der Waals surface area contributed by atoms with E-state index in [0.717, 1.165) is 0 Å². The third-order valence-electron chi connectivity index (χ3n) is 3.66. The predicted molar refractivity (Wildman–Crippen MR) is 98.2 cm³/mol. The summed E-state index contributed by atoms with van der Waals surface area (Å²) >= 11 is 1.18. The fraction of sp³-hybridized carbons (Fsp3) is 0.111. The number of nitro groups is 1. The molecule has 0 aliphatic carbocycles. The van der Waals surface area contributed by atoms with Crippen molar-refractivity contribution in [3.63, 3.8) is 0 Å². The molecule has 1 heterocycles. The SMILES string of the molecule is C#CCn1c(=NC(=O)c2ccc(OC)cc2)sc2cc([N+](=O)[O-])ccc21. The summed E-state index contributed by atoms with van der Waals surface area (Å²) in [6, 6.07) is 11.0. The molecule has 3 aromatic rings. The molecule has 0 fully saturated rings. The Morgan fingerprint density at radius 2 is 2.08 bits per heavy atom. The van der Waals surface area contributed by atoms with Crippen LogP contribution in [0.4, 0.5) is 5.69 Å². The second kappa shape index (κ2) is 7.21. The van der Waals surface area contributed by atoms with E-state index in [1.807, 2.05) is 0 Å². The molecule has 2 aromatic carbocycles. The molecule has 3 rings (SSSR count). The Morgan fingerprint density at radius 3 is 2.69 bits per heavy atom. The Bertz CT molecular complexity index is 1100. The number of thiazole rings is 1. The number of hydrogen-bond donors (Lipinski definition) is 0. The van der Waals surface area contributed by atoms with Gasteiger partial charge < -0.3 is 9.30 Å². The lowest BCUT2D eigenvalue weighted by molar-refractivity contribution is -0.384. The number of hydrogen-bond acceptors (Lipinski definition) is 5. The van der Waals surface area contributed by atoms with E-state index in [0.29, 0.717) is 26.3 Å². The summed E-state index contributed by atoms with van der Waals surface area (Å²) in [5, 5.41) is 11.0. The molecule has 0 radical (unpaired) electrons. The summed E-state index contributed by atoms with van der Waals surface area (Å²) in [7, 11) is 1.54. The van der Waals surface area contributed by atoms with Crippen molar-refractivity contribution < 1.29 is 14.5 Å². The summed E-state index contributed by atoms with van der Waals surface area (Å²) in [4.78, 5) is 27.5. The Kier molecular flexibility index (Phi) is 4.82. The van der Waals surface area contributed by atoms with Crippen molar-refractivity contribution in [2.75, 3.05) is 7.11 Å². The minimum absolute atomic E-state index is 0.0281. The maximum absolute atomic E-state index is 12.4. The van der Waals surface area contributed by atoms with Crippen molar-refractivity contribution in [3.05, 3.63) is 62.9 Å². The van der Waals surface area contributed by atoms with Crippen molar-refractivity contribution in [2.24, 2.45) is 4.99 Å². The number of carbonyl (C=O) groups is 1. The van der Waals surface area contributed by atoms with Crippen molar-refractivity contribution in [3.8, 4) is 18.1 Å². The largest absolute Gasteiger partial charge is 0.497 e. The summed E-state index contributed by atoms with van der Waals surface area (Å²) < 4.78 is 7.39. The number of aromatic nitrogens is 1. The van der Waals surface area contributed by atoms with Crippen molar-refractivity contribution in [1.82, 2.24) is 4.57 Å². The van der Waals surface area contributed by atoms with Gasteiger partial charge in [-0.3, -0.25) is 14.9 Å². The smallest absolute Gasteiger partial charge is 0.279 e. The Morgan fingerprint density at radius 1 is 1.35 bits per heavy atom. The summed E-state index contributed by atoms with van der Waals surface area (Å²) in [5.74, 6) is 2.72. The molecule has 130 valence electrons. The third-order valence-corrected chi connectivity index (χ3v) is 4.70. The number of carbonyl (C=O) groups excluding carboxylic acids is 1. The average Bonchev–Trinajstić information content (AvgIpc) is 2.98. The Labute approximate surface area is 152 Å². The van der Waals surface area contributed by atoms with E-state index in [-0.39, 0.29) is 12.2 Å². The lowest BCUT2D eigenvalue weighted by Gasteiger charge is -2.01. The first kappa shape index (κ1) is 17.4. The first-order chi connectivity index (χ1) is 12.5. The molecular weight excluding hydrogens is 354 g/mol. The number of non-ortho nitro benzene ring substituents is 1. The lowest BCUT2D eigenvalue weighted by Crippen LogP contribution is -2.16. The lowest BCUT2D eigenvalue weighted by atomic mass is 10.2. The molecule has 7 nitrogen and oxygen atoms in total. The zero-order valence-corrected chi connectivity index (χ0v) is 14.5. The minimum atomic E-state index is -0.468. The highest BCUT2D eigenvalue weighted by Gasteiger charge is 2.13. The van der Waals surface area contributed by atoms with Crippen LogP contribution in [0.5, 0.6) is 5.75 Å². The molecule has 0 unspecified atom stereocenters. The van der Waals surface area contributed by atoms with Gasteiger partial charge in [-0.25, -0.2) is 0 Å². The topological polar surface area (TPSA) is 86.7 Å². The molecule has 0 aliphatic rings. The molecule has 0 spiro atoms. The van der Waals surface area contributed by atoms with E-state index in [2.05, 4.69) is 10.9 Å². The number of methoxy groups -OCH3 is 1. The molecule has 0 aliphatic heterocycles. The summed E-state index contributed by atoms with van der Waals surface area (Å²) in [5.41, 5.74) is 1.07. The van der Waals surface area contributed by atoms with Crippen LogP contribution in [0.25, 0.3) is 10.2 Å². The van der Waals surface area contributed by atoms with E-state index in [4.69, 9.17) is 11.2 Å². The molecule has 1 amide bonds. The first-order valence-electron chi connectivity index (χ1n) is 7.48. The number of rotatable bonds is 4. The van der Waals surface area contributed by atoms with E-state index in [1.54, 1.807) is 42.0 Å². The van der Waals surface area contributed by atoms with Gasteiger partial charge in [0.1, 0.15) is 5.75 Å². The van der Waals surface area contributed by atoms with E-state index >= 15 is 0 Å². The van der Waals surface area contributed by atoms with Gasteiger partial charge in [0.15, 0.2) is 4.80 Å². The molecule has 8 heteroatoms. The van der Waals surface area contributed by atoms with Crippen LogP contribution in [0.3, 0.4) is 0 Å². The quantitative estimate of drug-likeness (QED) is 0.403.